The predicted molar refractivity (Wildman–Crippen MR) is 142 cm³/mol. The molecule has 190 valence electrons. The Bertz CT molecular complexity index is 1120. The Balaban J connectivity index is 1.90. The molecule has 36 heavy (non-hydrogen) atoms. The molecule has 0 bridgehead atoms. The van der Waals surface area contributed by atoms with Crippen molar-refractivity contribution < 1.29 is 19.1 Å². The molecule has 0 unspecified atom stereocenters. The summed E-state index contributed by atoms with van der Waals surface area (Å²) in [6, 6.07) is 23.2. The number of benzene rings is 3. The fraction of sp³-hybridized carbons (Fsp3) is 0.310. The van der Waals surface area contributed by atoms with Crippen molar-refractivity contribution in [2.75, 3.05) is 13.7 Å². The van der Waals surface area contributed by atoms with E-state index in [2.05, 4.69) is 5.32 Å². The Morgan fingerprint density at radius 2 is 1.58 bits per heavy atom. The van der Waals surface area contributed by atoms with Crippen LogP contribution in [-0.2, 0) is 22.6 Å². The van der Waals surface area contributed by atoms with Gasteiger partial charge in [0.15, 0.2) is 6.61 Å². The minimum Gasteiger partial charge on any atom is -0.497 e. The van der Waals surface area contributed by atoms with Gasteiger partial charge in [0, 0.05) is 24.0 Å². The Morgan fingerprint density at radius 3 is 2.22 bits per heavy atom. The van der Waals surface area contributed by atoms with Crippen molar-refractivity contribution in [3.8, 4) is 11.5 Å². The summed E-state index contributed by atoms with van der Waals surface area (Å²) in [5.74, 6) is 0.702. The van der Waals surface area contributed by atoms with Gasteiger partial charge in [-0.1, -0.05) is 67.1 Å². The molecule has 0 aliphatic carbocycles. The first-order chi connectivity index (χ1) is 17.4. The van der Waals surface area contributed by atoms with Crippen LogP contribution >= 0.6 is 11.6 Å². The molecular formula is C29H33ClN2O4. The molecule has 0 aliphatic heterocycles. The topological polar surface area (TPSA) is 67.9 Å². The highest BCUT2D eigenvalue weighted by Gasteiger charge is 2.31. The summed E-state index contributed by atoms with van der Waals surface area (Å²) >= 11 is 6.44. The van der Waals surface area contributed by atoms with E-state index in [0.717, 1.165) is 17.5 Å². The van der Waals surface area contributed by atoms with E-state index in [0.29, 0.717) is 22.9 Å². The van der Waals surface area contributed by atoms with Crippen molar-refractivity contribution >= 4 is 23.4 Å². The summed E-state index contributed by atoms with van der Waals surface area (Å²) in [6.07, 6.45) is 1.14. The number of hydrogen-bond acceptors (Lipinski definition) is 4. The largest absolute Gasteiger partial charge is 0.497 e. The summed E-state index contributed by atoms with van der Waals surface area (Å²) in [5, 5.41) is 3.59. The van der Waals surface area contributed by atoms with Gasteiger partial charge in [0.2, 0.25) is 5.91 Å². The maximum atomic E-state index is 13.6. The van der Waals surface area contributed by atoms with Gasteiger partial charge < -0.3 is 19.7 Å². The number of hydrogen-bond donors (Lipinski definition) is 1. The standard InChI is InChI=1S/C29H33ClN2O4/c1-4-21(2)31-29(34)27(18-22-10-6-5-7-11-22)32(19-23-12-8-9-13-26(23)30)28(33)20-36-25-16-14-24(35-3)15-17-25/h5-17,21,27H,4,18-20H2,1-3H3,(H,31,34)/t21-,27+/m0/s1. The van der Waals surface area contributed by atoms with Gasteiger partial charge in [0.05, 0.1) is 7.11 Å². The highest BCUT2D eigenvalue weighted by atomic mass is 35.5. The highest BCUT2D eigenvalue weighted by molar-refractivity contribution is 6.31. The first kappa shape index (κ1) is 27.1. The second-order valence-electron chi connectivity index (χ2n) is 8.60. The van der Waals surface area contributed by atoms with Crippen LogP contribution in [0.15, 0.2) is 78.9 Å². The Morgan fingerprint density at radius 1 is 0.944 bits per heavy atom. The second kappa shape index (κ2) is 13.5. The molecule has 1 N–H and O–H groups in total. The molecule has 3 aromatic carbocycles. The van der Waals surface area contributed by atoms with Crippen molar-refractivity contribution in [1.82, 2.24) is 10.2 Å². The van der Waals surface area contributed by atoms with E-state index in [1.165, 1.54) is 0 Å². The number of carbonyl (C=O) groups excluding carboxylic acids is 2. The monoisotopic (exact) mass is 508 g/mol. The van der Waals surface area contributed by atoms with Gasteiger partial charge in [-0.2, -0.15) is 0 Å². The number of carbonyl (C=O) groups is 2. The van der Waals surface area contributed by atoms with Crippen LogP contribution in [0.2, 0.25) is 5.02 Å². The van der Waals surface area contributed by atoms with E-state index < -0.39 is 6.04 Å². The SMILES string of the molecule is CC[C@H](C)NC(=O)[C@@H](Cc1ccccc1)N(Cc1ccccc1Cl)C(=O)COc1ccc(OC)cc1. The van der Waals surface area contributed by atoms with Crippen molar-refractivity contribution in [2.24, 2.45) is 0 Å². The molecule has 0 fully saturated rings. The highest BCUT2D eigenvalue weighted by Crippen LogP contribution is 2.22. The zero-order valence-electron chi connectivity index (χ0n) is 20.9. The van der Waals surface area contributed by atoms with E-state index in [4.69, 9.17) is 21.1 Å². The lowest BCUT2D eigenvalue weighted by atomic mass is 10.0. The molecule has 0 saturated heterocycles. The smallest absolute Gasteiger partial charge is 0.261 e. The zero-order valence-corrected chi connectivity index (χ0v) is 21.7. The quantitative estimate of drug-likeness (QED) is 0.361. The lowest BCUT2D eigenvalue weighted by Gasteiger charge is -2.32. The number of halogens is 1. The van der Waals surface area contributed by atoms with Crippen LogP contribution in [0.25, 0.3) is 0 Å². The van der Waals surface area contributed by atoms with Gasteiger partial charge in [-0.3, -0.25) is 9.59 Å². The summed E-state index contributed by atoms with van der Waals surface area (Å²) in [4.78, 5) is 28.7. The van der Waals surface area contributed by atoms with Crippen LogP contribution < -0.4 is 14.8 Å². The first-order valence-corrected chi connectivity index (χ1v) is 12.4. The Hall–Kier alpha value is -3.51. The second-order valence-corrected chi connectivity index (χ2v) is 9.01. The van der Waals surface area contributed by atoms with Gasteiger partial charge in [0.25, 0.3) is 5.91 Å². The summed E-state index contributed by atoms with van der Waals surface area (Å²) in [5.41, 5.74) is 1.71. The third kappa shape index (κ3) is 7.75. The molecule has 3 rings (SSSR count). The van der Waals surface area contributed by atoms with Gasteiger partial charge >= 0.3 is 0 Å². The average molecular weight is 509 g/mol. The molecule has 7 heteroatoms. The minimum atomic E-state index is -0.746. The van der Waals surface area contributed by atoms with Gasteiger partial charge in [-0.05, 0) is 54.8 Å². The molecule has 0 heterocycles. The molecule has 0 saturated carbocycles. The van der Waals surface area contributed by atoms with E-state index >= 15 is 0 Å². The maximum absolute atomic E-state index is 13.6. The predicted octanol–water partition coefficient (Wildman–Crippen LogP) is 5.28. The van der Waals surface area contributed by atoms with Crippen molar-refractivity contribution in [3.05, 3.63) is 95.0 Å². The van der Waals surface area contributed by atoms with Crippen molar-refractivity contribution in [2.45, 2.75) is 45.3 Å². The lowest BCUT2D eigenvalue weighted by molar-refractivity contribution is -0.143. The van der Waals surface area contributed by atoms with E-state index in [1.807, 2.05) is 62.4 Å². The molecule has 3 aromatic rings. The molecule has 0 radical (unpaired) electrons. The zero-order chi connectivity index (χ0) is 25.9. The summed E-state index contributed by atoms with van der Waals surface area (Å²) in [7, 11) is 1.59. The lowest BCUT2D eigenvalue weighted by Crippen LogP contribution is -2.53. The summed E-state index contributed by atoms with van der Waals surface area (Å²) < 4.78 is 11.0. The van der Waals surface area contributed by atoms with E-state index in [-0.39, 0.29) is 31.0 Å². The van der Waals surface area contributed by atoms with Crippen molar-refractivity contribution in [3.63, 3.8) is 0 Å². The molecular weight excluding hydrogens is 476 g/mol. The first-order valence-electron chi connectivity index (χ1n) is 12.0. The molecule has 2 atom stereocenters. The maximum Gasteiger partial charge on any atom is 0.261 e. The Kier molecular flexibility index (Phi) is 10.2. The van der Waals surface area contributed by atoms with Crippen LogP contribution in [0.4, 0.5) is 0 Å². The van der Waals surface area contributed by atoms with Crippen LogP contribution in [0, 0.1) is 0 Å². The van der Waals surface area contributed by atoms with Crippen LogP contribution in [0.5, 0.6) is 11.5 Å². The number of amides is 2. The molecule has 0 spiro atoms. The number of ether oxygens (including phenoxy) is 2. The van der Waals surface area contributed by atoms with Crippen LogP contribution in [0.3, 0.4) is 0 Å². The number of nitrogens with one attached hydrogen (secondary N) is 1. The van der Waals surface area contributed by atoms with Gasteiger partial charge in [-0.25, -0.2) is 0 Å². The molecule has 2 amide bonds. The van der Waals surface area contributed by atoms with Crippen LogP contribution in [0.1, 0.15) is 31.4 Å². The third-order valence-electron chi connectivity index (χ3n) is 5.99. The van der Waals surface area contributed by atoms with Gasteiger partial charge in [-0.15, -0.1) is 0 Å². The van der Waals surface area contributed by atoms with E-state index in [9.17, 15) is 9.59 Å². The Labute approximate surface area is 218 Å². The molecule has 0 aromatic heterocycles. The minimum absolute atomic E-state index is 0.0245. The third-order valence-corrected chi connectivity index (χ3v) is 6.36. The van der Waals surface area contributed by atoms with E-state index in [1.54, 1.807) is 42.3 Å². The number of nitrogens with zero attached hydrogens (tertiary/aromatic N) is 1. The number of methoxy groups -OCH3 is 1. The fourth-order valence-electron chi connectivity index (χ4n) is 3.71. The van der Waals surface area contributed by atoms with Gasteiger partial charge in [0.1, 0.15) is 17.5 Å². The normalized spacial score (nSPS) is 12.3. The molecule has 6 nitrogen and oxygen atoms in total. The average Bonchev–Trinajstić information content (AvgIpc) is 2.91. The van der Waals surface area contributed by atoms with Crippen molar-refractivity contribution in [1.29, 1.82) is 0 Å². The fourth-order valence-corrected chi connectivity index (χ4v) is 3.90. The molecule has 0 aliphatic rings. The van der Waals surface area contributed by atoms with Crippen LogP contribution in [-0.4, -0.2) is 42.5 Å². The summed E-state index contributed by atoms with van der Waals surface area (Å²) in [6.45, 7) is 3.91. The number of rotatable bonds is 12.